The van der Waals surface area contributed by atoms with E-state index in [9.17, 15) is 4.79 Å². The summed E-state index contributed by atoms with van der Waals surface area (Å²) in [7, 11) is 0. The molecule has 0 spiro atoms. The number of carbonyl (C=O) groups excluding carboxylic acids is 1. The zero-order chi connectivity index (χ0) is 16.7. The average molecular weight is 315 g/mol. The molecule has 0 bridgehead atoms. The number of hydrogen-bond donors (Lipinski definition) is 1. The Kier molecular flexibility index (Phi) is 3.24. The quantitative estimate of drug-likeness (QED) is 0.646. The molecule has 3 heterocycles. The van der Waals surface area contributed by atoms with Crippen molar-refractivity contribution in [2.24, 2.45) is 5.41 Å². The molecule has 3 aromatic rings. The van der Waals surface area contributed by atoms with Crippen LogP contribution in [-0.4, -0.2) is 20.7 Å². The van der Waals surface area contributed by atoms with Crippen LogP contribution in [0.15, 0.2) is 36.7 Å². The molecule has 1 aliphatic rings. The summed E-state index contributed by atoms with van der Waals surface area (Å²) in [5.41, 5.74) is 3.84. The van der Waals surface area contributed by atoms with Crippen molar-refractivity contribution in [2.75, 3.05) is 0 Å². The largest absolute Gasteiger partial charge is 0.346 e. The van der Waals surface area contributed by atoms with Gasteiger partial charge in [0.15, 0.2) is 5.78 Å². The lowest BCUT2D eigenvalue weighted by atomic mass is 9.75. The van der Waals surface area contributed by atoms with E-state index in [0.717, 1.165) is 28.7 Å². The van der Waals surface area contributed by atoms with Crippen LogP contribution in [0.2, 0.25) is 0 Å². The molecule has 0 radical (unpaired) electrons. The van der Waals surface area contributed by atoms with Gasteiger partial charge in [-0.05, 0) is 42.0 Å². The Morgan fingerprint density at radius 1 is 1.17 bits per heavy atom. The van der Waals surface area contributed by atoms with Crippen LogP contribution in [0.3, 0.4) is 0 Å². The van der Waals surface area contributed by atoms with E-state index < -0.39 is 0 Å². The van der Waals surface area contributed by atoms with E-state index in [4.69, 9.17) is 0 Å². The first-order chi connectivity index (χ1) is 11.5. The first-order valence-corrected chi connectivity index (χ1v) is 7.98. The van der Waals surface area contributed by atoms with Crippen LogP contribution in [0.1, 0.15) is 47.6 Å². The number of nitrogens with zero attached hydrogens (tertiary/aromatic N) is 2. The second-order valence-electron chi connectivity index (χ2n) is 7.02. The van der Waals surface area contributed by atoms with Crippen molar-refractivity contribution in [1.82, 2.24) is 15.0 Å². The summed E-state index contributed by atoms with van der Waals surface area (Å²) in [5.74, 6) is 6.27. The van der Waals surface area contributed by atoms with Gasteiger partial charge in [-0.2, -0.15) is 0 Å². The molecule has 118 valence electrons. The van der Waals surface area contributed by atoms with Gasteiger partial charge in [0, 0.05) is 35.3 Å². The third-order valence-corrected chi connectivity index (χ3v) is 4.30. The minimum Gasteiger partial charge on any atom is -0.346 e. The molecule has 4 rings (SSSR count). The van der Waals surface area contributed by atoms with E-state index in [1.165, 1.54) is 0 Å². The molecule has 1 N–H and O–H groups in total. The number of carbonyl (C=O) groups is 1. The number of fused-ring (bicyclic) bond motifs is 2. The molecule has 4 nitrogen and oxygen atoms in total. The summed E-state index contributed by atoms with van der Waals surface area (Å²) in [5, 5.41) is 1.06. The smallest absolute Gasteiger partial charge is 0.165 e. The summed E-state index contributed by atoms with van der Waals surface area (Å²) >= 11 is 0. The van der Waals surface area contributed by atoms with Crippen LogP contribution >= 0.6 is 0 Å². The summed E-state index contributed by atoms with van der Waals surface area (Å²) < 4.78 is 0. The molecule has 0 aliphatic heterocycles. The van der Waals surface area contributed by atoms with Gasteiger partial charge in [-0.1, -0.05) is 19.8 Å². The highest BCUT2D eigenvalue weighted by Crippen LogP contribution is 2.33. The second kappa shape index (κ2) is 5.31. The Morgan fingerprint density at radius 2 is 2.04 bits per heavy atom. The Hall–Kier alpha value is -2.93. The molecule has 0 atom stereocenters. The van der Waals surface area contributed by atoms with Crippen LogP contribution in [0.4, 0.5) is 0 Å². The third-order valence-electron chi connectivity index (χ3n) is 4.30. The number of H-pyrrole nitrogens is 1. The average Bonchev–Trinajstić information content (AvgIpc) is 3.00. The van der Waals surface area contributed by atoms with Crippen LogP contribution < -0.4 is 0 Å². The molecule has 4 heteroatoms. The van der Waals surface area contributed by atoms with Gasteiger partial charge < -0.3 is 4.98 Å². The number of pyridine rings is 2. The van der Waals surface area contributed by atoms with E-state index >= 15 is 0 Å². The first kappa shape index (κ1) is 14.6. The fraction of sp³-hybridized carbons (Fsp3) is 0.250. The first-order valence-electron chi connectivity index (χ1n) is 7.98. The minimum atomic E-state index is -0.0142. The van der Waals surface area contributed by atoms with Gasteiger partial charge in [-0.15, -0.1) is 0 Å². The highest BCUT2D eigenvalue weighted by Gasteiger charge is 2.31. The topological polar surface area (TPSA) is 58.6 Å². The minimum absolute atomic E-state index is 0.0142. The molecule has 0 unspecified atom stereocenters. The predicted octanol–water partition coefficient (Wildman–Crippen LogP) is 3.51. The number of nitrogens with one attached hydrogen (secondary N) is 1. The highest BCUT2D eigenvalue weighted by molar-refractivity contribution is 5.98. The number of rotatable bonds is 0. The maximum absolute atomic E-state index is 12.3. The van der Waals surface area contributed by atoms with Crippen molar-refractivity contribution in [1.29, 1.82) is 0 Å². The van der Waals surface area contributed by atoms with Gasteiger partial charge in [-0.3, -0.25) is 9.78 Å². The lowest BCUT2D eigenvalue weighted by molar-refractivity contribution is 0.0910. The van der Waals surface area contributed by atoms with Gasteiger partial charge >= 0.3 is 0 Å². The molecule has 0 fully saturated rings. The summed E-state index contributed by atoms with van der Waals surface area (Å²) in [6, 6.07) is 7.71. The molecule has 0 saturated carbocycles. The lowest BCUT2D eigenvalue weighted by Crippen LogP contribution is -2.27. The third kappa shape index (κ3) is 2.69. The van der Waals surface area contributed by atoms with Crippen molar-refractivity contribution >= 4 is 16.8 Å². The number of aromatic amines is 1. The maximum atomic E-state index is 12.3. The molecule has 3 aromatic heterocycles. The van der Waals surface area contributed by atoms with Gasteiger partial charge in [0.2, 0.25) is 0 Å². The van der Waals surface area contributed by atoms with Crippen LogP contribution in [0, 0.1) is 17.3 Å². The van der Waals surface area contributed by atoms with E-state index in [0.29, 0.717) is 17.7 Å². The van der Waals surface area contributed by atoms with Crippen molar-refractivity contribution < 1.29 is 4.79 Å². The normalized spacial score (nSPS) is 15.7. The summed E-state index contributed by atoms with van der Waals surface area (Å²) in [4.78, 5) is 24.3. The number of Topliss-reactive ketones (excluding diaryl/α,β-unsaturated/α-hetero) is 1. The zero-order valence-corrected chi connectivity index (χ0v) is 13.7. The van der Waals surface area contributed by atoms with Gasteiger partial charge in [0.05, 0.1) is 5.69 Å². The fourth-order valence-electron chi connectivity index (χ4n) is 3.13. The Labute approximate surface area is 140 Å². The monoisotopic (exact) mass is 315 g/mol. The molecule has 24 heavy (non-hydrogen) atoms. The Balaban J connectivity index is 1.67. The standard InChI is InChI=1S/C20H17N3O/c1-20(2)10-17-16(18(24)11-20)9-13(12-22-17)3-5-15-6-4-14-7-8-21-19(14)23-15/h4,6-9,12H,10-11H2,1-2H3,(H,21,23). The molecule has 0 amide bonds. The van der Waals surface area contributed by atoms with E-state index in [1.54, 1.807) is 6.20 Å². The van der Waals surface area contributed by atoms with Crippen LogP contribution in [-0.2, 0) is 6.42 Å². The summed E-state index contributed by atoms with van der Waals surface area (Å²) in [6.07, 6.45) is 4.99. The number of aromatic nitrogens is 3. The molecule has 0 aromatic carbocycles. The molecular formula is C20H17N3O. The van der Waals surface area contributed by atoms with Gasteiger partial charge in [-0.25, -0.2) is 4.98 Å². The zero-order valence-electron chi connectivity index (χ0n) is 13.7. The Bertz CT molecular complexity index is 1020. The maximum Gasteiger partial charge on any atom is 0.165 e. The fourth-order valence-corrected chi connectivity index (χ4v) is 3.13. The van der Waals surface area contributed by atoms with Crippen LogP contribution in [0.25, 0.3) is 11.0 Å². The van der Waals surface area contributed by atoms with Crippen molar-refractivity contribution in [3.63, 3.8) is 0 Å². The number of hydrogen-bond acceptors (Lipinski definition) is 3. The second-order valence-corrected chi connectivity index (χ2v) is 7.02. The summed E-state index contributed by atoms with van der Waals surface area (Å²) in [6.45, 7) is 4.21. The van der Waals surface area contributed by atoms with E-state index in [1.807, 2.05) is 30.5 Å². The van der Waals surface area contributed by atoms with Crippen molar-refractivity contribution in [2.45, 2.75) is 26.7 Å². The molecule has 1 aliphatic carbocycles. The molecular weight excluding hydrogens is 298 g/mol. The Morgan fingerprint density at radius 3 is 2.92 bits per heavy atom. The highest BCUT2D eigenvalue weighted by atomic mass is 16.1. The predicted molar refractivity (Wildman–Crippen MR) is 92.7 cm³/mol. The van der Waals surface area contributed by atoms with Gasteiger partial charge in [0.1, 0.15) is 11.3 Å². The van der Waals surface area contributed by atoms with Gasteiger partial charge in [0.25, 0.3) is 0 Å². The SMILES string of the molecule is CC1(C)CC(=O)c2cc(C#Cc3ccc4cc[nH]c4n3)cnc2C1. The molecule has 0 saturated heterocycles. The van der Waals surface area contributed by atoms with E-state index in [-0.39, 0.29) is 11.2 Å². The lowest BCUT2D eigenvalue weighted by Gasteiger charge is -2.29. The van der Waals surface area contributed by atoms with E-state index in [2.05, 4.69) is 40.6 Å². The number of ketones is 1. The van der Waals surface area contributed by atoms with Crippen molar-refractivity contribution in [3.05, 3.63) is 59.2 Å². The van der Waals surface area contributed by atoms with Crippen molar-refractivity contribution in [3.8, 4) is 11.8 Å². The van der Waals surface area contributed by atoms with Crippen LogP contribution in [0.5, 0.6) is 0 Å².